The van der Waals surface area contributed by atoms with Crippen LogP contribution in [0.4, 0.5) is 0 Å². The van der Waals surface area contributed by atoms with Crippen molar-refractivity contribution in [2.75, 3.05) is 32.1 Å². The zero-order valence-electron chi connectivity index (χ0n) is 8.78. The van der Waals surface area contributed by atoms with Crippen molar-refractivity contribution < 1.29 is 9.00 Å². The van der Waals surface area contributed by atoms with Gasteiger partial charge in [-0.25, -0.2) is 0 Å². The highest BCUT2D eigenvalue weighted by atomic mass is 32.2. The van der Waals surface area contributed by atoms with Gasteiger partial charge >= 0.3 is 0 Å². The average molecular weight is 218 g/mol. The molecule has 0 spiro atoms. The van der Waals surface area contributed by atoms with Crippen molar-refractivity contribution in [3.05, 3.63) is 0 Å². The lowest BCUT2D eigenvalue weighted by Gasteiger charge is -2.23. The van der Waals surface area contributed by atoms with Gasteiger partial charge in [-0.15, -0.1) is 0 Å². The van der Waals surface area contributed by atoms with Crippen LogP contribution in [0, 0.1) is 0 Å². The lowest BCUT2D eigenvalue weighted by atomic mass is 10.1. The summed E-state index contributed by atoms with van der Waals surface area (Å²) in [7, 11) is 2.88. The number of carbonyl (C=O) groups is 1. The van der Waals surface area contributed by atoms with Crippen LogP contribution in [0.25, 0.3) is 0 Å². The summed E-state index contributed by atoms with van der Waals surface area (Å²) >= 11 is 0. The summed E-state index contributed by atoms with van der Waals surface area (Å²) in [4.78, 5) is 12.8. The SMILES string of the molecule is CN(C)C(=O)CNC1CCS(=O)CC1. The number of hydrogen-bond donors (Lipinski definition) is 1. The van der Waals surface area contributed by atoms with E-state index in [4.69, 9.17) is 0 Å². The normalized spacial score (nSPS) is 27.3. The van der Waals surface area contributed by atoms with Gasteiger partial charge in [-0.1, -0.05) is 0 Å². The first-order chi connectivity index (χ1) is 6.59. The molecule has 1 fully saturated rings. The molecule has 1 heterocycles. The summed E-state index contributed by atoms with van der Waals surface area (Å²) in [5, 5.41) is 3.20. The fraction of sp³-hybridized carbons (Fsp3) is 0.889. The second kappa shape index (κ2) is 5.46. The van der Waals surface area contributed by atoms with Crippen LogP contribution in [0.3, 0.4) is 0 Å². The maximum atomic E-state index is 11.3. The van der Waals surface area contributed by atoms with Gasteiger partial charge in [0, 0.05) is 42.4 Å². The third kappa shape index (κ3) is 3.75. The maximum Gasteiger partial charge on any atom is 0.236 e. The van der Waals surface area contributed by atoms with E-state index in [1.54, 1.807) is 19.0 Å². The summed E-state index contributed by atoms with van der Waals surface area (Å²) < 4.78 is 11.1. The van der Waals surface area contributed by atoms with Crippen molar-refractivity contribution in [3.8, 4) is 0 Å². The Kier molecular flexibility index (Phi) is 4.54. The number of nitrogens with one attached hydrogen (secondary N) is 1. The van der Waals surface area contributed by atoms with Crippen molar-refractivity contribution in [2.45, 2.75) is 18.9 Å². The van der Waals surface area contributed by atoms with E-state index in [2.05, 4.69) is 5.32 Å². The minimum absolute atomic E-state index is 0.0942. The quantitative estimate of drug-likeness (QED) is 0.699. The molecule has 5 heteroatoms. The van der Waals surface area contributed by atoms with Gasteiger partial charge in [0.15, 0.2) is 0 Å². The lowest BCUT2D eigenvalue weighted by Crippen LogP contribution is -2.41. The molecule has 0 atom stereocenters. The molecular formula is C9H18N2O2S. The Balaban J connectivity index is 2.19. The Morgan fingerprint density at radius 1 is 1.43 bits per heavy atom. The van der Waals surface area contributed by atoms with Gasteiger partial charge in [0.2, 0.25) is 5.91 Å². The van der Waals surface area contributed by atoms with E-state index >= 15 is 0 Å². The molecule has 1 amide bonds. The van der Waals surface area contributed by atoms with Gasteiger partial charge in [-0.3, -0.25) is 9.00 Å². The van der Waals surface area contributed by atoms with Crippen LogP contribution >= 0.6 is 0 Å². The van der Waals surface area contributed by atoms with E-state index in [0.29, 0.717) is 12.6 Å². The molecule has 0 aromatic heterocycles. The number of hydrogen-bond acceptors (Lipinski definition) is 3. The first-order valence-electron chi connectivity index (χ1n) is 4.88. The maximum absolute atomic E-state index is 11.3. The topological polar surface area (TPSA) is 49.4 Å². The summed E-state index contributed by atoms with van der Waals surface area (Å²) in [6, 6.07) is 0.372. The first-order valence-corrected chi connectivity index (χ1v) is 6.37. The van der Waals surface area contributed by atoms with Crippen molar-refractivity contribution in [3.63, 3.8) is 0 Å². The highest BCUT2D eigenvalue weighted by Crippen LogP contribution is 2.08. The number of likely N-dealkylation sites (N-methyl/N-ethyl adjacent to an activating group) is 1. The Hall–Kier alpha value is -0.420. The minimum atomic E-state index is -0.619. The fourth-order valence-electron chi connectivity index (χ4n) is 1.39. The summed E-state index contributed by atoms with van der Waals surface area (Å²) in [5.41, 5.74) is 0. The second-order valence-electron chi connectivity index (χ2n) is 3.79. The molecule has 0 aliphatic carbocycles. The summed E-state index contributed by atoms with van der Waals surface area (Å²) in [5.74, 6) is 1.64. The van der Waals surface area contributed by atoms with E-state index < -0.39 is 10.8 Å². The third-order valence-electron chi connectivity index (χ3n) is 2.43. The second-order valence-corrected chi connectivity index (χ2v) is 5.49. The van der Waals surface area contributed by atoms with Gasteiger partial charge in [0.1, 0.15) is 0 Å². The van der Waals surface area contributed by atoms with Gasteiger partial charge in [-0.2, -0.15) is 0 Å². The van der Waals surface area contributed by atoms with Crippen LogP contribution in [0.15, 0.2) is 0 Å². The Labute approximate surface area is 87.5 Å². The number of carbonyl (C=O) groups excluding carboxylic acids is 1. The highest BCUT2D eigenvalue weighted by Gasteiger charge is 2.18. The van der Waals surface area contributed by atoms with Gasteiger partial charge in [0.25, 0.3) is 0 Å². The summed E-state index contributed by atoms with van der Waals surface area (Å²) in [6.07, 6.45) is 1.85. The fourth-order valence-corrected chi connectivity index (χ4v) is 2.69. The van der Waals surface area contributed by atoms with E-state index in [9.17, 15) is 9.00 Å². The van der Waals surface area contributed by atoms with Crippen molar-refractivity contribution in [1.82, 2.24) is 10.2 Å². The smallest absolute Gasteiger partial charge is 0.236 e. The van der Waals surface area contributed by atoms with Crippen molar-refractivity contribution in [1.29, 1.82) is 0 Å². The Morgan fingerprint density at radius 3 is 2.50 bits per heavy atom. The molecule has 1 aliphatic heterocycles. The lowest BCUT2D eigenvalue weighted by molar-refractivity contribution is -0.127. The van der Waals surface area contributed by atoms with Crippen LogP contribution in [0.1, 0.15) is 12.8 Å². The van der Waals surface area contributed by atoms with Crippen molar-refractivity contribution >= 4 is 16.7 Å². The minimum Gasteiger partial charge on any atom is -0.348 e. The molecule has 0 unspecified atom stereocenters. The van der Waals surface area contributed by atoms with E-state index in [1.807, 2.05) is 0 Å². The van der Waals surface area contributed by atoms with E-state index in [-0.39, 0.29) is 5.91 Å². The Bertz CT molecular complexity index is 221. The van der Waals surface area contributed by atoms with Gasteiger partial charge < -0.3 is 10.2 Å². The number of amides is 1. The van der Waals surface area contributed by atoms with E-state index in [1.165, 1.54) is 0 Å². The van der Waals surface area contributed by atoms with Crippen LogP contribution in [-0.2, 0) is 15.6 Å². The predicted octanol–water partition coefficient (Wildman–Crippen LogP) is -0.425. The molecule has 1 N–H and O–H groups in total. The third-order valence-corrected chi connectivity index (χ3v) is 3.81. The molecule has 0 aromatic carbocycles. The van der Waals surface area contributed by atoms with Crippen LogP contribution < -0.4 is 5.32 Å². The number of rotatable bonds is 3. The monoisotopic (exact) mass is 218 g/mol. The molecule has 1 saturated heterocycles. The molecule has 14 heavy (non-hydrogen) atoms. The molecule has 0 aromatic rings. The average Bonchev–Trinajstić information content (AvgIpc) is 2.16. The molecule has 82 valence electrons. The number of nitrogens with zero attached hydrogens (tertiary/aromatic N) is 1. The molecule has 0 radical (unpaired) electrons. The van der Waals surface area contributed by atoms with Crippen LogP contribution in [-0.4, -0.2) is 53.2 Å². The summed E-state index contributed by atoms with van der Waals surface area (Å²) in [6.45, 7) is 0.393. The zero-order chi connectivity index (χ0) is 10.6. The molecule has 0 bridgehead atoms. The molecule has 4 nitrogen and oxygen atoms in total. The largest absolute Gasteiger partial charge is 0.348 e. The highest BCUT2D eigenvalue weighted by molar-refractivity contribution is 7.85. The predicted molar refractivity (Wildman–Crippen MR) is 57.6 cm³/mol. The Morgan fingerprint density at radius 2 is 2.00 bits per heavy atom. The first kappa shape index (κ1) is 11.7. The van der Waals surface area contributed by atoms with Gasteiger partial charge in [0.05, 0.1) is 6.54 Å². The molecule has 0 saturated carbocycles. The van der Waals surface area contributed by atoms with Crippen LogP contribution in [0.5, 0.6) is 0 Å². The van der Waals surface area contributed by atoms with Gasteiger partial charge in [-0.05, 0) is 12.8 Å². The van der Waals surface area contributed by atoms with E-state index in [0.717, 1.165) is 24.3 Å². The zero-order valence-corrected chi connectivity index (χ0v) is 9.60. The molecular weight excluding hydrogens is 200 g/mol. The molecule has 1 aliphatic rings. The van der Waals surface area contributed by atoms with Crippen molar-refractivity contribution in [2.24, 2.45) is 0 Å². The standard InChI is InChI=1S/C9H18N2O2S/c1-11(2)9(12)7-10-8-3-5-14(13)6-4-8/h8,10H,3-7H2,1-2H3. The van der Waals surface area contributed by atoms with Crippen LogP contribution in [0.2, 0.25) is 0 Å². The molecule has 1 rings (SSSR count).